The number of hydrogen-bond acceptors (Lipinski definition) is 5. The summed E-state index contributed by atoms with van der Waals surface area (Å²) >= 11 is 0. The summed E-state index contributed by atoms with van der Waals surface area (Å²) in [6, 6.07) is 6.51. The van der Waals surface area contributed by atoms with Crippen LogP contribution in [0.5, 0.6) is 0 Å². The van der Waals surface area contributed by atoms with Crippen molar-refractivity contribution in [2.75, 3.05) is 38.1 Å². The van der Waals surface area contributed by atoms with Gasteiger partial charge in [-0.2, -0.15) is 4.31 Å². The molecule has 0 amide bonds. The van der Waals surface area contributed by atoms with E-state index in [2.05, 4.69) is 17.2 Å². The highest BCUT2D eigenvalue weighted by Gasteiger charge is 2.27. The predicted molar refractivity (Wildman–Crippen MR) is 79.7 cm³/mol. The second-order valence-corrected chi connectivity index (χ2v) is 6.85. The van der Waals surface area contributed by atoms with Crippen molar-refractivity contribution in [1.82, 2.24) is 9.21 Å². The highest BCUT2D eigenvalue weighted by Crippen LogP contribution is 2.19. The van der Waals surface area contributed by atoms with Crippen LogP contribution in [0.4, 0.5) is 5.69 Å². The summed E-state index contributed by atoms with van der Waals surface area (Å²) in [4.78, 5) is 2.62. The molecule has 112 valence electrons. The SMILES string of the molecule is CCCN1CCN(S(=O)(=O)c2ccc(NN)cc2)CC1. The number of nitrogen functional groups attached to an aromatic ring is 1. The number of rotatable bonds is 5. The third-order valence-corrected chi connectivity index (χ3v) is 5.44. The molecule has 0 spiro atoms. The van der Waals surface area contributed by atoms with Crippen LogP contribution >= 0.6 is 0 Å². The first-order valence-electron chi connectivity index (χ1n) is 6.87. The number of anilines is 1. The van der Waals surface area contributed by atoms with Gasteiger partial charge in [-0.05, 0) is 37.2 Å². The van der Waals surface area contributed by atoms with Crippen LogP contribution in [-0.4, -0.2) is 50.3 Å². The van der Waals surface area contributed by atoms with Gasteiger partial charge in [0, 0.05) is 31.9 Å². The van der Waals surface area contributed by atoms with Crippen molar-refractivity contribution in [3.8, 4) is 0 Å². The summed E-state index contributed by atoms with van der Waals surface area (Å²) < 4.78 is 26.6. The number of nitrogens with one attached hydrogen (secondary N) is 1. The van der Waals surface area contributed by atoms with Gasteiger partial charge in [-0.15, -0.1) is 0 Å². The molecule has 0 bridgehead atoms. The molecular formula is C13H22N4O2S. The number of sulfonamides is 1. The average molecular weight is 298 g/mol. The van der Waals surface area contributed by atoms with Gasteiger partial charge in [-0.1, -0.05) is 6.92 Å². The van der Waals surface area contributed by atoms with Gasteiger partial charge in [0.2, 0.25) is 10.0 Å². The summed E-state index contributed by atoms with van der Waals surface area (Å²) in [5.41, 5.74) is 3.18. The molecule has 1 heterocycles. The molecular weight excluding hydrogens is 276 g/mol. The lowest BCUT2D eigenvalue weighted by molar-refractivity contribution is 0.188. The minimum Gasteiger partial charge on any atom is -0.324 e. The van der Waals surface area contributed by atoms with Gasteiger partial charge in [-0.3, -0.25) is 5.84 Å². The fourth-order valence-corrected chi connectivity index (χ4v) is 3.80. The Morgan fingerprint density at radius 3 is 2.25 bits per heavy atom. The first-order valence-corrected chi connectivity index (χ1v) is 8.31. The van der Waals surface area contributed by atoms with Crippen LogP contribution in [0.3, 0.4) is 0 Å². The zero-order valence-corrected chi connectivity index (χ0v) is 12.6. The lowest BCUT2D eigenvalue weighted by Crippen LogP contribution is -2.48. The molecule has 1 fully saturated rings. The first kappa shape index (κ1) is 15.2. The van der Waals surface area contributed by atoms with Gasteiger partial charge in [0.15, 0.2) is 0 Å². The molecule has 0 aromatic heterocycles. The molecule has 0 aliphatic carbocycles. The first-order chi connectivity index (χ1) is 9.57. The topological polar surface area (TPSA) is 78.7 Å². The Balaban J connectivity index is 2.07. The number of hydrazine groups is 1. The largest absolute Gasteiger partial charge is 0.324 e. The van der Waals surface area contributed by atoms with Crippen molar-refractivity contribution in [3.63, 3.8) is 0 Å². The lowest BCUT2D eigenvalue weighted by atomic mass is 10.3. The van der Waals surface area contributed by atoms with Crippen LogP contribution in [0, 0.1) is 0 Å². The summed E-state index contributed by atoms with van der Waals surface area (Å²) in [6.45, 7) is 5.88. The summed E-state index contributed by atoms with van der Waals surface area (Å²) in [5, 5.41) is 0. The third-order valence-electron chi connectivity index (χ3n) is 3.53. The second kappa shape index (κ2) is 6.53. The van der Waals surface area contributed by atoms with Gasteiger partial charge >= 0.3 is 0 Å². The van der Waals surface area contributed by atoms with Crippen molar-refractivity contribution in [3.05, 3.63) is 24.3 Å². The highest BCUT2D eigenvalue weighted by atomic mass is 32.2. The molecule has 2 rings (SSSR count). The van der Waals surface area contributed by atoms with Gasteiger partial charge in [0.1, 0.15) is 0 Å². The van der Waals surface area contributed by atoms with E-state index in [1.165, 1.54) is 0 Å². The molecule has 1 saturated heterocycles. The van der Waals surface area contributed by atoms with Gasteiger partial charge in [0.05, 0.1) is 4.90 Å². The van der Waals surface area contributed by atoms with Crippen molar-refractivity contribution in [2.45, 2.75) is 18.2 Å². The maximum atomic E-state index is 12.5. The Labute approximate surface area is 120 Å². The molecule has 1 aromatic rings. The van der Waals surface area contributed by atoms with E-state index in [0.717, 1.165) is 26.1 Å². The minimum absolute atomic E-state index is 0.320. The van der Waals surface area contributed by atoms with Crippen molar-refractivity contribution >= 4 is 15.7 Å². The molecule has 6 nitrogen and oxygen atoms in total. The quantitative estimate of drug-likeness (QED) is 0.617. The Hall–Kier alpha value is -1.15. The van der Waals surface area contributed by atoms with Crippen LogP contribution in [0.25, 0.3) is 0 Å². The lowest BCUT2D eigenvalue weighted by Gasteiger charge is -2.33. The van der Waals surface area contributed by atoms with Crippen molar-refractivity contribution in [1.29, 1.82) is 0 Å². The van der Waals surface area contributed by atoms with E-state index in [4.69, 9.17) is 5.84 Å². The smallest absolute Gasteiger partial charge is 0.243 e. The predicted octanol–water partition coefficient (Wildman–Crippen LogP) is 0.689. The maximum absolute atomic E-state index is 12.5. The fraction of sp³-hybridized carbons (Fsp3) is 0.538. The number of nitrogens with zero attached hydrogens (tertiary/aromatic N) is 2. The standard InChI is InChI=1S/C13H22N4O2S/c1-2-7-16-8-10-17(11-9-16)20(18,19)13-5-3-12(15-14)4-6-13/h3-6,15H,2,7-11,14H2,1H3. The van der Waals surface area contributed by atoms with Crippen molar-refractivity contribution < 1.29 is 8.42 Å². The van der Waals surface area contributed by atoms with E-state index in [1.807, 2.05) is 0 Å². The molecule has 0 unspecified atom stereocenters. The van der Waals surface area contributed by atoms with E-state index in [9.17, 15) is 8.42 Å². The molecule has 1 aliphatic heterocycles. The Morgan fingerprint density at radius 1 is 1.15 bits per heavy atom. The Bertz CT molecular complexity index is 522. The molecule has 20 heavy (non-hydrogen) atoms. The highest BCUT2D eigenvalue weighted by molar-refractivity contribution is 7.89. The number of nitrogens with two attached hydrogens (primary N) is 1. The molecule has 3 N–H and O–H groups in total. The third kappa shape index (κ3) is 3.29. The molecule has 7 heteroatoms. The number of benzene rings is 1. The van der Waals surface area contributed by atoms with Crippen LogP contribution in [0.15, 0.2) is 29.2 Å². The van der Waals surface area contributed by atoms with Crippen LogP contribution in [0.2, 0.25) is 0 Å². The van der Waals surface area contributed by atoms with Gasteiger partial charge < -0.3 is 10.3 Å². The minimum atomic E-state index is -3.39. The van der Waals surface area contributed by atoms with E-state index in [1.54, 1.807) is 28.6 Å². The van der Waals surface area contributed by atoms with Gasteiger partial charge in [0.25, 0.3) is 0 Å². The zero-order valence-electron chi connectivity index (χ0n) is 11.7. The monoisotopic (exact) mass is 298 g/mol. The van der Waals surface area contributed by atoms with E-state index in [-0.39, 0.29) is 0 Å². The summed E-state index contributed by atoms with van der Waals surface area (Å²) in [6.07, 6.45) is 1.10. The van der Waals surface area contributed by atoms with E-state index >= 15 is 0 Å². The molecule has 0 radical (unpaired) electrons. The average Bonchev–Trinajstić information content (AvgIpc) is 2.48. The van der Waals surface area contributed by atoms with Crippen LogP contribution in [-0.2, 0) is 10.0 Å². The molecule has 0 saturated carbocycles. The van der Waals surface area contributed by atoms with Crippen LogP contribution < -0.4 is 11.3 Å². The van der Waals surface area contributed by atoms with Gasteiger partial charge in [-0.25, -0.2) is 8.42 Å². The summed E-state index contributed by atoms with van der Waals surface area (Å²) in [5.74, 6) is 5.28. The molecule has 0 atom stereocenters. The van der Waals surface area contributed by atoms with E-state index in [0.29, 0.717) is 23.7 Å². The van der Waals surface area contributed by atoms with Crippen LogP contribution in [0.1, 0.15) is 13.3 Å². The molecule has 1 aliphatic rings. The fourth-order valence-electron chi connectivity index (χ4n) is 2.38. The summed E-state index contributed by atoms with van der Waals surface area (Å²) in [7, 11) is -3.39. The Morgan fingerprint density at radius 2 is 1.75 bits per heavy atom. The maximum Gasteiger partial charge on any atom is 0.243 e. The van der Waals surface area contributed by atoms with E-state index < -0.39 is 10.0 Å². The Kier molecular flexibility index (Phi) is 4.98. The molecule has 1 aromatic carbocycles. The normalized spacial score (nSPS) is 18.1. The number of hydrogen-bond donors (Lipinski definition) is 2. The number of piperazine rings is 1. The zero-order chi connectivity index (χ0) is 14.6. The second-order valence-electron chi connectivity index (χ2n) is 4.91. The van der Waals surface area contributed by atoms with Crippen molar-refractivity contribution in [2.24, 2.45) is 5.84 Å².